The number of nitrogens with one attached hydrogen (secondary N) is 1. The molecule has 108 valence electrons. The normalized spacial score (nSPS) is 23.9. The van der Waals surface area contributed by atoms with Crippen LogP contribution in [0.5, 0.6) is 5.75 Å². The fourth-order valence-corrected chi connectivity index (χ4v) is 2.69. The maximum atomic E-state index is 9.99. The summed E-state index contributed by atoms with van der Waals surface area (Å²) in [6.45, 7) is 2.17. The molecule has 1 aliphatic carbocycles. The second kappa shape index (κ2) is 7.28. The van der Waals surface area contributed by atoms with Crippen LogP contribution in [0.2, 0.25) is 0 Å². The van der Waals surface area contributed by atoms with Gasteiger partial charge < -0.3 is 15.2 Å². The van der Waals surface area contributed by atoms with Crippen LogP contribution in [0.15, 0.2) is 24.3 Å². The summed E-state index contributed by atoms with van der Waals surface area (Å²) in [5.41, 5.74) is 1.16. The van der Waals surface area contributed by atoms with Gasteiger partial charge in [0.05, 0.1) is 6.10 Å². The van der Waals surface area contributed by atoms with Crippen molar-refractivity contribution in [3.63, 3.8) is 0 Å². The SMILES string of the molecule is CC(NC1CCCCC1O)c1ccc(OCC#N)cc1. The second-order valence-corrected chi connectivity index (χ2v) is 5.36. The van der Waals surface area contributed by atoms with E-state index >= 15 is 0 Å². The molecule has 4 heteroatoms. The molecular formula is C16H22N2O2. The Morgan fingerprint density at radius 3 is 2.70 bits per heavy atom. The molecule has 0 bridgehead atoms. The molecule has 0 amide bonds. The number of nitriles is 1. The van der Waals surface area contributed by atoms with Crippen LogP contribution in [0.25, 0.3) is 0 Å². The van der Waals surface area contributed by atoms with Crippen molar-refractivity contribution in [3.8, 4) is 11.8 Å². The minimum Gasteiger partial charge on any atom is -0.479 e. The molecule has 0 spiro atoms. The molecule has 3 atom stereocenters. The summed E-state index contributed by atoms with van der Waals surface area (Å²) in [5.74, 6) is 0.709. The maximum absolute atomic E-state index is 9.99. The lowest BCUT2D eigenvalue weighted by molar-refractivity contribution is 0.0860. The summed E-state index contributed by atoms with van der Waals surface area (Å²) in [6, 6.07) is 10.1. The average molecular weight is 274 g/mol. The molecule has 1 aromatic rings. The molecule has 2 rings (SSSR count). The van der Waals surface area contributed by atoms with Gasteiger partial charge in [-0.25, -0.2) is 0 Å². The molecule has 0 heterocycles. The number of rotatable bonds is 5. The van der Waals surface area contributed by atoms with E-state index < -0.39 is 0 Å². The van der Waals surface area contributed by atoms with Gasteiger partial charge in [-0.2, -0.15) is 5.26 Å². The Labute approximate surface area is 120 Å². The quantitative estimate of drug-likeness (QED) is 0.866. The van der Waals surface area contributed by atoms with E-state index in [1.54, 1.807) is 0 Å². The molecule has 0 aromatic heterocycles. The summed E-state index contributed by atoms with van der Waals surface area (Å²) in [5, 5.41) is 22.0. The van der Waals surface area contributed by atoms with E-state index in [2.05, 4.69) is 12.2 Å². The second-order valence-electron chi connectivity index (χ2n) is 5.36. The van der Waals surface area contributed by atoms with E-state index in [9.17, 15) is 5.11 Å². The molecule has 1 aliphatic rings. The Morgan fingerprint density at radius 1 is 1.35 bits per heavy atom. The van der Waals surface area contributed by atoms with Crippen LogP contribution in [-0.2, 0) is 0 Å². The predicted octanol–water partition coefficient (Wildman–Crippen LogP) is 2.54. The van der Waals surface area contributed by atoms with Crippen LogP contribution in [-0.4, -0.2) is 23.9 Å². The van der Waals surface area contributed by atoms with Crippen molar-refractivity contribution in [1.82, 2.24) is 5.32 Å². The summed E-state index contributed by atoms with van der Waals surface area (Å²) in [4.78, 5) is 0. The van der Waals surface area contributed by atoms with Gasteiger partial charge in [0.1, 0.15) is 11.8 Å². The minimum absolute atomic E-state index is 0.0708. The van der Waals surface area contributed by atoms with Crippen LogP contribution in [0.1, 0.15) is 44.2 Å². The molecule has 0 saturated heterocycles. The number of hydrogen-bond acceptors (Lipinski definition) is 4. The number of benzene rings is 1. The number of aliphatic hydroxyl groups excluding tert-OH is 1. The van der Waals surface area contributed by atoms with Crippen molar-refractivity contribution in [1.29, 1.82) is 5.26 Å². The summed E-state index contributed by atoms with van der Waals surface area (Å²) < 4.78 is 5.24. The average Bonchev–Trinajstić information content (AvgIpc) is 2.48. The van der Waals surface area contributed by atoms with Gasteiger partial charge in [-0.1, -0.05) is 25.0 Å². The van der Waals surface area contributed by atoms with E-state index in [1.165, 1.54) is 6.42 Å². The van der Waals surface area contributed by atoms with Gasteiger partial charge in [-0.15, -0.1) is 0 Å². The fraction of sp³-hybridized carbons (Fsp3) is 0.562. The third-order valence-corrected chi connectivity index (χ3v) is 3.88. The zero-order valence-corrected chi connectivity index (χ0v) is 11.9. The molecule has 1 saturated carbocycles. The monoisotopic (exact) mass is 274 g/mol. The largest absolute Gasteiger partial charge is 0.479 e. The fourth-order valence-electron chi connectivity index (χ4n) is 2.69. The van der Waals surface area contributed by atoms with Crippen molar-refractivity contribution in [2.24, 2.45) is 0 Å². The molecule has 1 aromatic carbocycles. The Balaban J connectivity index is 1.91. The Kier molecular flexibility index (Phi) is 5.40. The highest BCUT2D eigenvalue weighted by atomic mass is 16.5. The number of ether oxygens (including phenoxy) is 1. The zero-order valence-electron chi connectivity index (χ0n) is 11.9. The van der Waals surface area contributed by atoms with Gasteiger partial charge in [-0.3, -0.25) is 0 Å². The predicted molar refractivity (Wildman–Crippen MR) is 77.4 cm³/mol. The first kappa shape index (κ1) is 14.8. The van der Waals surface area contributed by atoms with Gasteiger partial charge >= 0.3 is 0 Å². The standard InChI is InChI=1S/C16H22N2O2/c1-12(18-15-4-2-3-5-16(15)19)13-6-8-14(9-7-13)20-11-10-17/h6-9,12,15-16,18-19H,2-5,11H2,1H3. The third kappa shape index (κ3) is 3.96. The lowest BCUT2D eigenvalue weighted by Crippen LogP contribution is -2.43. The molecule has 0 radical (unpaired) electrons. The first-order valence-corrected chi connectivity index (χ1v) is 7.24. The first-order chi connectivity index (χ1) is 9.70. The van der Waals surface area contributed by atoms with Crippen LogP contribution < -0.4 is 10.1 Å². The van der Waals surface area contributed by atoms with Gasteiger partial charge in [0.2, 0.25) is 0 Å². The Bertz CT molecular complexity index is 453. The lowest BCUT2D eigenvalue weighted by Gasteiger charge is -2.31. The van der Waals surface area contributed by atoms with Gasteiger partial charge in [0.15, 0.2) is 6.61 Å². The molecular weight excluding hydrogens is 252 g/mol. The van der Waals surface area contributed by atoms with Crippen molar-refractivity contribution >= 4 is 0 Å². The molecule has 2 N–H and O–H groups in total. The molecule has 1 fully saturated rings. The molecule has 4 nitrogen and oxygen atoms in total. The summed E-state index contributed by atoms with van der Waals surface area (Å²) >= 11 is 0. The van der Waals surface area contributed by atoms with E-state index in [4.69, 9.17) is 10.00 Å². The summed E-state index contributed by atoms with van der Waals surface area (Å²) in [7, 11) is 0. The molecule has 3 unspecified atom stereocenters. The lowest BCUT2D eigenvalue weighted by atomic mass is 9.91. The van der Waals surface area contributed by atoms with Gasteiger partial charge in [0.25, 0.3) is 0 Å². The third-order valence-electron chi connectivity index (χ3n) is 3.88. The highest BCUT2D eigenvalue weighted by Gasteiger charge is 2.24. The molecule has 0 aliphatic heterocycles. The number of hydrogen-bond donors (Lipinski definition) is 2. The van der Waals surface area contributed by atoms with Crippen LogP contribution in [0.3, 0.4) is 0 Å². The summed E-state index contributed by atoms with van der Waals surface area (Å²) in [6.07, 6.45) is 4.01. The van der Waals surface area contributed by atoms with Crippen LogP contribution in [0, 0.1) is 11.3 Å². The number of aliphatic hydroxyl groups is 1. The number of nitrogens with zero attached hydrogens (tertiary/aromatic N) is 1. The molecule has 20 heavy (non-hydrogen) atoms. The Morgan fingerprint density at radius 2 is 2.05 bits per heavy atom. The van der Waals surface area contributed by atoms with E-state index in [1.807, 2.05) is 30.3 Å². The minimum atomic E-state index is -0.232. The van der Waals surface area contributed by atoms with Crippen molar-refractivity contribution in [2.45, 2.75) is 50.8 Å². The maximum Gasteiger partial charge on any atom is 0.174 e. The highest BCUT2D eigenvalue weighted by Crippen LogP contribution is 2.23. The van der Waals surface area contributed by atoms with E-state index in [0.29, 0.717) is 5.75 Å². The van der Waals surface area contributed by atoms with Crippen molar-refractivity contribution < 1.29 is 9.84 Å². The van der Waals surface area contributed by atoms with Crippen molar-refractivity contribution in [2.75, 3.05) is 6.61 Å². The zero-order chi connectivity index (χ0) is 14.4. The smallest absolute Gasteiger partial charge is 0.174 e. The van der Waals surface area contributed by atoms with E-state index in [-0.39, 0.29) is 24.8 Å². The topological polar surface area (TPSA) is 65.3 Å². The van der Waals surface area contributed by atoms with Crippen molar-refractivity contribution in [3.05, 3.63) is 29.8 Å². The van der Waals surface area contributed by atoms with Gasteiger partial charge in [-0.05, 0) is 37.5 Å². The first-order valence-electron chi connectivity index (χ1n) is 7.24. The van der Waals surface area contributed by atoms with Gasteiger partial charge in [0, 0.05) is 12.1 Å². The van der Waals surface area contributed by atoms with E-state index in [0.717, 1.165) is 24.8 Å². The highest BCUT2D eigenvalue weighted by molar-refractivity contribution is 5.29. The van der Waals surface area contributed by atoms with Crippen LogP contribution >= 0.6 is 0 Å². The van der Waals surface area contributed by atoms with Crippen LogP contribution in [0.4, 0.5) is 0 Å². The Hall–Kier alpha value is -1.57.